The molecule has 136 valence electrons. The second-order valence-corrected chi connectivity index (χ2v) is 6.24. The fraction of sp³-hybridized carbons (Fsp3) is 0.222. The summed E-state index contributed by atoms with van der Waals surface area (Å²) >= 11 is 5.91. The average molecular weight is 381 g/mol. The summed E-state index contributed by atoms with van der Waals surface area (Å²) in [5, 5.41) is 2.91. The smallest absolute Gasteiger partial charge is 0.365 e. The van der Waals surface area contributed by atoms with Gasteiger partial charge in [0.1, 0.15) is 11.6 Å². The highest BCUT2D eigenvalue weighted by Gasteiger charge is 2.31. The van der Waals surface area contributed by atoms with E-state index < -0.39 is 11.7 Å². The Morgan fingerprint density at radius 3 is 2.58 bits per heavy atom. The summed E-state index contributed by atoms with van der Waals surface area (Å²) in [6.45, 7) is 3.03. The topological polar surface area (TPSA) is 42.7 Å². The van der Waals surface area contributed by atoms with E-state index in [0.29, 0.717) is 13.1 Å². The minimum absolute atomic E-state index is 0.0648. The number of rotatable bonds is 5. The fourth-order valence-corrected chi connectivity index (χ4v) is 2.75. The van der Waals surface area contributed by atoms with Crippen molar-refractivity contribution in [1.29, 1.82) is 0 Å². The van der Waals surface area contributed by atoms with E-state index in [0.717, 1.165) is 29.2 Å². The molecule has 8 heteroatoms. The molecule has 2 aromatic heterocycles. The fourth-order valence-electron chi connectivity index (χ4n) is 2.51. The molecule has 0 saturated heterocycles. The van der Waals surface area contributed by atoms with E-state index in [1.165, 1.54) is 0 Å². The molecular weight excluding hydrogens is 365 g/mol. The van der Waals surface area contributed by atoms with Gasteiger partial charge < -0.3 is 9.88 Å². The summed E-state index contributed by atoms with van der Waals surface area (Å²) in [6, 6.07) is 8.75. The first-order valence-corrected chi connectivity index (χ1v) is 8.23. The van der Waals surface area contributed by atoms with Gasteiger partial charge in [-0.3, -0.25) is 0 Å². The molecule has 2 heterocycles. The molecule has 26 heavy (non-hydrogen) atoms. The SMILES string of the molecule is Cc1nccn1Cc1cccc(CNc2ncc(C(F)(F)F)cc2Cl)c1. The zero-order valence-corrected chi connectivity index (χ0v) is 14.6. The van der Waals surface area contributed by atoms with Crippen LogP contribution in [-0.4, -0.2) is 14.5 Å². The van der Waals surface area contributed by atoms with Gasteiger partial charge in [-0.25, -0.2) is 9.97 Å². The number of aromatic nitrogens is 3. The Morgan fingerprint density at radius 2 is 1.92 bits per heavy atom. The van der Waals surface area contributed by atoms with Crippen molar-refractivity contribution in [1.82, 2.24) is 14.5 Å². The van der Waals surface area contributed by atoms with Gasteiger partial charge in [-0.1, -0.05) is 35.9 Å². The lowest BCUT2D eigenvalue weighted by Gasteiger charge is -2.12. The highest BCUT2D eigenvalue weighted by atomic mass is 35.5. The number of imidazole rings is 1. The highest BCUT2D eigenvalue weighted by molar-refractivity contribution is 6.32. The largest absolute Gasteiger partial charge is 0.417 e. The lowest BCUT2D eigenvalue weighted by Crippen LogP contribution is -2.08. The van der Waals surface area contributed by atoms with Crippen molar-refractivity contribution in [3.8, 4) is 0 Å². The number of alkyl halides is 3. The molecule has 0 amide bonds. The lowest BCUT2D eigenvalue weighted by molar-refractivity contribution is -0.137. The molecule has 0 unspecified atom stereocenters. The van der Waals surface area contributed by atoms with E-state index in [1.54, 1.807) is 6.20 Å². The Morgan fingerprint density at radius 1 is 1.15 bits per heavy atom. The maximum atomic E-state index is 12.7. The number of nitrogens with zero attached hydrogens (tertiary/aromatic N) is 3. The van der Waals surface area contributed by atoms with Crippen LogP contribution in [0.2, 0.25) is 5.02 Å². The molecule has 0 fully saturated rings. The van der Waals surface area contributed by atoms with Crippen LogP contribution in [0.3, 0.4) is 0 Å². The van der Waals surface area contributed by atoms with Crippen LogP contribution >= 0.6 is 11.6 Å². The van der Waals surface area contributed by atoms with Crippen molar-refractivity contribution in [3.05, 3.63) is 76.5 Å². The van der Waals surface area contributed by atoms with E-state index in [9.17, 15) is 13.2 Å². The average Bonchev–Trinajstić information content (AvgIpc) is 2.98. The Balaban J connectivity index is 1.68. The quantitative estimate of drug-likeness (QED) is 0.683. The molecule has 3 aromatic rings. The van der Waals surface area contributed by atoms with Crippen LogP contribution in [0.25, 0.3) is 0 Å². The van der Waals surface area contributed by atoms with Crippen LogP contribution in [0.15, 0.2) is 48.9 Å². The van der Waals surface area contributed by atoms with Gasteiger partial charge in [-0.2, -0.15) is 13.2 Å². The van der Waals surface area contributed by atoms with Gasteiger partial charge in [-0.05, 0) is 24.1 Å². The molecule has 0 aliphatic heterocycles. The minimum Gasteiger partial charge on any atom is -0.365 e. The zero-order chi connectivity index (χ0) is 18.7. The number of benzene rings is 1. The van der Waals surface area contributed by atoms with Gasteiger partial charge in [0.25, 0.3) is 0 Å². The summed E-state index contributed by atoms with van der Waals surface area (Å²) in [6.07, 6.45) is -0.0351. The third kappa shape index (κ3) is 4.35. The zero-order valence-electron chi connectivity index (χ0n) is 13.9. The van der Waals surface area contributed by atoms with Gasteiger partial charge >= 0.3 is 6.18 Å². The van der Waals surface area contributed by atoms with E-state index >= 15 is 0 Å². The molecule has 0 aliphatic rings. The minimum atomic E-state index is -4.46. The number of hydrogen-bond donors (Lipinski definition) is 1. The van der Waals surface area contributed by atoms with Crippen molar-refractivity contribution in [2.24, 2.45) is 0 Å². The molecule has 3 rings (SSSR count). The Labute approximate surface area is 153 Å². The van der Waals surface area contributed by atoms with Gasteiger partial charge in [0, 0.05) is 31.7 Å². The molecule has 0 aliphatic carbocycles. The van der Waals surface area contributed by atoms with Crippen molar-refractivity contribution in [2.75, 3.05) is 5.32 Å². The summed E-state index contributed by atoms with van der Waals surface area (Å²) < 4.78 is 40.0. The van der Waals surface area contributed by atoms with Gasteiger partial charge in [0.15, 0.2) is 0 Å². The molecule has 1 N–H and O–H groups in total. The first kappa shape index (κ1) is 18.3. The Bertz CT molecular complexity index is 905. The van der Waals surface area contributed by atoms with Crippen LogP contribution in [0.1, 0.15) is 22.5 Å². The summed E-state index contributed by atoms with van der Waals surface area (Å²) in [4.78, 5) is 7.97. The van der Waals surface area contributed by atoms with Crippen molar-refractivity contribution in [2.45, 2.75) is 26.2 Å². The predicted molar refractivity (Wildman–Crippen MR) is 94.1 cm³/mol. The lowest BCUT2D eigenvalue weighted by atomic mass is 10.1. The molecular formula is C18H16ClF3N4. The van der Waals surface area contributed by atoms with Crippen molar-refractivity contribution < 1.29 is 13.2 Å². The number of nitrogens with one attached hydrogen (secondary N) is 1. The van der Waals surface area contributed by atoms with Crippen LogP contribution in [0, 0.1) is 6.92 Å². The second-order valence-electron chi connectivity index (χ2n) is 5.83. The van der Waals surface area contributed by atoms with Crippen molar-refractivity contribution in [3.63, 3.8) is 0 Å². The second kappa shape index (κ2) is 7.37. The van der Waals surface area contributed by atoms with Crippen LogP contribution < -0.4 is 5.32 Å². The van der Waals surface area contributed by atoms with Crippen LogP contribution in [0.5, 0.6) is 0 Å². The molecule has 0 bridgehead atoms. The maximum Gasteiger partial charge on any atom is 0.417 e. The molecule has 0 saturated carbocycles. The highest BCUT2D eigenvalue weighted by Crippen LogP contribution is 2.32. The Hall–Kier alpha value is -2.54. The molecule has 0 atom stereocenters. The number of halogens is 4. The summed E-state index contributed by atoms with van der Waals surface area (Å²) in [5.41, 5.74) is 1.20. The predicted octanol–water partition coefficient (Wildman–Crippen LogP) is 4.92. The molecule has 0 spiro atoms. The standard InChI is InChI=1S/C18H16ClF3N4/c1-12-23-5-6-26(12)11-14-4-2-3-13(7-14)9-24-17-16(19)8-15(10-25-17)18(20,21)22/h2-8,10H,9,11H2,1H3,(H,24,25). The first-order chi connectivity index (χ1) is 12.3. The molecule has 4 nitrogen and oxygen atoms in total. The van der Waals surface area contributed by atoms with Gasteiger partial charge in [-0.15, -0.1) is 0 Å². The third-order valence-corrected chi connectivity index (χ3v) is 4.18. The summed E-state index contributed by atoms with van der Waals surface area (Å²) in [5.74, 6) is 1.14. The van der Waals surface area contributed by atoms with E-state index in [1.807, 2.05) is 42.0 Å². The van der Waals surface area contributed by atoms with E-state index in [-0.39, 0.29) is 10.8 Å². The number of pyridine rings is 1. The molecule has 0 radical (unpaired) electrons. The van der Waals surface area contributed by atoms with Crippen molar-refractivity contribution >= 4 is 17.4 Å². The van der Waals surface area contributed by atoms with Gasteiger partial charge in [0.05, 0.1) is 10.6 Å². The van der Waals surface area contributed by atoms with Crippen LogP contribution in [-0.2, 0) is 19.3 Å². The number of aryl methyl sites for hydroxylation is 1. The van der Waals surface area contributed by atoms with E-state index in [2.05, 4.69) is 15.3 Å². The molecule has 1 aromatic carbocycles. The normalized spacial score (nSPS) is 11.6. The Kier molecular flexibility index (Phi) is 5.18. The first-order valence-electron chi connectivity index (χ1n) is 7.85. The summed E-state index contributed by atoms with van der Waals surface area (Å²) in [7, 11) is 0. The monoisotopic (exact) mass is 380 g/mol. The number of hydrogen-bond acceptors (Lipinski definition) is 3. The number of anilines is 1. The maximum absolute atomic E-state index is 12.7. The van der Waals surface area contributed by atoms with Gasteiger partial charge in [0.2, 0.25) is 0 Å². The third-order valence-electron chi connectivity index (χ3n) is 3.90. The van der Waals surface area contributed by atoms with E-state index in [4.69, 9.17) is 11.6 Å². The van der Waals surface area contributed by atoms with Crippen LogP contribution in [0.4, 0.5) is 19.0 Å².